The largest absolute Gasteiger partial charge is 0.494 e. The van der Waals surface area contributed by atoms with E-state index in [1.807, 2.05) is 31.2 Å². The van der Waals surface area contributed by atoms with Crippen molar-refractivity contribution < 1.29 is 9.53 Å². The van der Waals surface area contributed by atoms with Crippen molar-refractivity contribution in [3.05, 3.63) is 75.9 Å². The third-order valence-corrected chi connectivity index (χ3v) is 4.31. The lowest BCUT2D eigenvalue weighted by molar-refractivity contribution is 0.102. The Morgan fingerprint density at radius 2 is 1.85 bits per heavy atom. The number of nitrogens with zero attached hydrogens (tertiary/aromatic N) is 2. The van der Waals surface area contributed by atoms with Gasteiger partial charge in [0.1, 0.15) is 10.8 Å². The van der Waals surface area contributed by atoms with Crippen molar-refractivity contribution >= 4 is 34.9 Å². The van der Waals surface area contributed by atoms with Crippen LogP contribution < -0.4 is 10.1 Å². The van der Waals surface area contributed by atoms with Crippen molar-refractivity contribution in [2.24, 2.45) is 0 Å². The van der Waals surface area contributed by atoms with Gasteiger partial charge in [0.2, 0.25) is 0 Å². The van der Waals surface area contributed by atoms with E-state index in [-0.39, 0.29) is 5.91 Å². The van der Waals surface area contributed by atoms with Gasteiger partial charge in [-0.3, -0.25) is 9.48 Å². The zero-order valence-corrected chi connectivity index (χ0v) is 15.6. The summed E-state index contributed by atoms with van der Waals surface area (Å²) in [4.78, 5) is 12.4. The summed E-state index contributed by atoms with van der Waals surface area (Å²) >= 11 is 12.4. The van der Waals surface area contributed by atoms with Crippen LogP contribution in [-0.4, -0.2) is 22.3 Å². The highest BCUT2D eigenvalue weighted by Gasteiger charge is 2.13. The number of carbonyl (C=O) groups excluding carboxylic acids is 1. The molecule has 0 radical (unpaired) electrons. The summed E-state index contributed by atoms with van der Waals surface area (Å²) in [5, 5.41) is 8.06. The molecule has 0 bridgehead atoms. The third-order valence-electron chi connectivity index (χ3n) is 3.67. The Bertz CT molecular complexity index is 907. The van der Waals surface area contributed by atoms with Crippen LogP contribution >= 0.6 is 23.2 Å². The molecule has 0 spiro atoms. The van der Waals surface area contributed by atoms with Crippen molar-refractivity contribution in [3.63, 3.8) is 0 Å². The van der Waals surface area contributed by atoms with E-state index in [1.54, 1.807) is 35.1 Å². The maximum absolute atomic E-state index is 12.4. The van der Waals surface area contributed by atoms with Crippen LogP contribution in [0.2, 0.25) is 10.0 Å². The molecule has 0 fully saturated rings. The molecule has 2 aromatic carbocycles. The highest BCUT2D eigenvalue weighted by atomic mass is 35.5. The van der Waals surface area contributed by atoms with Crippen LogP contribution in [-0.2, 0) is 6.54 Å². The van der Waals surface area contributed by atoms with Gasteiger partial charge in [-0.15, -0.1) is 0 Å². The van der Waals surface area contributed by atoms with Gasteiger partial charge >= 0.3 is 0 Å². The second-order valence-electron chi connectivity index (χ2n) is 5.53. The number of carbonyl (C=O) groups is 1. The minimum absolute atomic E-state index is 0.294. The van der Waals surface area contributed by atoms with Crippen LogP contribution in [0.3, 0.4) is 0 Å². The van der Waals surface area contributed by atoms with Crippen molar-refractivity contribution in [1.82, 2.24) is 9.78 Å². The Balaban J connectivity index is 1.71. The van der Waals surface area contributed by atoms with Gasteiger partial charge in [0.15, 0.2) is 5.82 Å². The molecule has 5 nitrogen and oxygen atoms in total. The number of hydrogen-bond donors (Lipinski definition) is 1. The number of amides is 1. The van der Waals surface area contributed by atoms with E-state index < -0.39 is 0 Å². The van der Waals surface area contributed by atoms with Gasteiger partial charge in [0.05, 0.1) is 13.2 Å². The van der Waals surface area contributed by atoms with E-state index in [0.717, 1.165) is 5.56 Å². The first-order valence-corrected chi connectivity index (χ1v) is 8.83. The molecule has 1 aromatic heterocycles. The molecule has 0 aliphatic carbocycles. The fourth-order valence-corrected chi connectivity index (χ4v) is 2.81. The predicted octanol–water partition coefficient (Wildman–Crippen LogP) is 4.89. The quantitative estimate of drug-likeness (QED) is 0.652. The lowest BCUT2D eigenvalue weighted by atomic mass is 10.2. The van der Waals surface area contributed by atoms with Crippen LogP contribution in [0.15, 0.2) is 54.7 Å². The summed E-state index contributed by atoms with van der Waals surface area (Å²) < 4.78 is 7.00. The number of aromatic nitrogens is 2. The topological polar surface area (TPSA) is 56.1 Å². The van der Waals surface area contributed by atoms with Gasteiger partial charge in [0.25, 0.3) is 5.91 Å². The summed E-state index contributed by atoms with van der Waals surface area (Å²) in [7, 11) is 0. The Morgan fingerprint density at radius 3 is 2.54 bits per heavy atom. The average Bonchev–Trinajstić information content (AvgIpc) is 2.97. The number of nitrogens with one attached hydrogen (secondary N) is 1. The van der Waals surface area contributed by atoms with Gasteiger partial charge in [-0.05, 0) is 42.8 Å². The number of halogens is 2. The lowest BCUT2D eigenvalue weighted by Crippen LogP contribution is -2.13. The second kappa shape index (κ2) is 8.25. The summed E-state index contributed by atoms with van der Waals surface area (Å²) in [5.74, 6) is 0.724. The number of ether oxygens (including phenoxy) is 1. The van der Waals surface area contributed by atoms with E-state index in [1.165, 1.54) is 0 Å². The zero-order valence-electron chi connectivity index (χ0n) is 14.1. The predicted molar refractivity (Wildman–Crippen MR) is 103 cm³/mol. The molecule has 0 aliphatic rings. The first-order chi connectivity index (χ1) is 12.6. The minimum atomic E-state index is -0.294. The van der Waals surface area contributed by atoms with Crippen molar-refractivity contribution in [1.29, 1.82) is 0 Å². The SMILES string of the molecule is CCOc1ccc(C(=O)Nc2nn(Cc3ccccc3Cl)cc2Cl)cc1. The van der Waals surface area contributed by atoms with Crippen LogP contribution in [0.25, 0.3) is 0 Å². The fourth-order valence-electron chi connectivity index (χ4n) is 2.41. The van der Waals surface area contributed by atoms with E-state index >= 15 is 0 Å². The van der Waals surface area contributed by atoms with E-state index in [9.17, 15) is 4.79 Å². The van der Waals surface area contributed by atoms with Crippen LogP contribution in [0, 0.1) is 0 Å². The first kappa shape index (κ1) is 18.3. The molecule has 1 heterocycles. The Labute approximate surface area is 161 Å². The number of hydrogen-bond acceptors (Lipinski definition) is 3. The van der Waals surface area contributed by atoms with Gasteiger partial charge in [0, 0.05) is 16.8 Å². The molecular weight excluding hydrogens is 373 g/mol. The van der Waals surface area contributed by atoms with Crippen LogP contribution in [0.4, 0.5) is 5.82 Å². The molecule has 1 amide bonds. The molecule has 3 rings (SSSR count). The first-order valence-electron chi connectivity index (χ1n) is 8.07. The van der Waals surface area contributed by atoms with Crippen molar-refractivity contribution in [2.75, 3.05) is 11.9 Å². The molecule has 26 heavy (non-hydrogen) atoms. The normalized spacial score (nSPS) is 10.6. The van der Waals surface area contributed by atoms with Crippen LogP contribution in [0.5, 0.6) is 5.75 Å². The average molecular weight is 390 g/mol. The molecular formula is C19H17Cl2N3O2. The van der Waals surface area contributed by atoms with Crippen molar-refractivity contribution in [3.8, 4) is 5.75 Å². The summed E-state index contributed by atoms with van der Waals surface area (Å²) in [5.41, 5.74) is 1.41. The third kappa shape index (κ3) is 4.36. The number of anilines is 1. The van der Waals surface area contributed by atoms with Crippen LogP contribution in [0.1, 0.15) is 22.8 Å². The summed E-state index contributed by atoms with van der Waals surface area (Å²) in [6.45, 7) is 2.93. The highest BCUT2D eigenvalue weighted by molar-refractivity contribution is 6.33. The fraction of sp³-hybridized carbons (Fsp3) is 0.158. The minimum Gasteiger partial charge on any atom is -0.494 e. The van der Waals surface area contributed by atoms with Gasteiger partial charge < -0.3 is 10.1 Å². The molecule has 134 valence electrons. The van der Waals surface area contributed by atoms with E-state index in [0.29, 0.717) is 40.3 Å². The molecule has 0 unspecified atom stereocenters. The lowest BCUT2D eigenvalue weighted by Gasteiger charge is -2.06. The molecule has 7 heteroatoms. The summed E-state index contributed by atoms with van der Waals surface area (Å²) in [6.07, 6.45) is 1.65. The Hall–Kier alpha value is -2.50. The Kier molecular flexibility index (Phi) is 5.81. The molecule has 0 saturated carbocycles. The van der Waals surface area contributed by atoms with Crippen molar-refractivity contribution in [2.45, 2.75) is 13.5 Å². The Morgan fingerprint density at radius 1 is 1.12 bits per heavy atom. The molecule has 1 N–H and O–H groups in total. The summed E-state index contributed by atoms with van der Waals surface area (Å²) in [6, 6.07) is 14.4. The molecule has 3 aromatic rings. The standard InChI is InChI=1S/C19H17Cl2N3O2/c1-2-26-15-9-7-13(8-10-15)19(25)22-18-17(21)12-24(23-18)11-14-5-3-4-6-16(14)20/h3-10,12H,2,11H2,1H3,(H,22,23,25). The number of benzene rings is 2. The number of rotatable bonds is 6. The highest BCUT2D eigenvalue weighted by Crippen LogP contribution is 2.23. The van der Waals surface area contributed by atoms with Gasteiger partial charge in [-0.1, -0.05) is 41.4 Å². The second-order valence-corrected chi connectivity index (χ2v) is 6.34. The molecule has 0 saturated heterocycles. The monoisotopic (exact) mass is 389 g/mol. The van der Waals surface area contributed by atoms with E-state index in [4.69, 9.17) is 27.9 Å². The zero-order chi connectivity index (χ0) is 18.5. The maximum atomic E-state index is 12.4. The maximum Gasteiger partial charge on any atom is 0.256 e. The van der Waals surface area contributed by atoms with Gasteiger partial charge in [-0.2, -0.15) is 5.10 Å². The molecule has 0 atom stereocenters. The van der Waals surface area contributed by atoms with E-state index in [2.05, 4.69) is 10.4 Å². The smallest absolute Gasteiger partial charge is 0.256 e. The molecule has 0 aliphatic heterocycles. The van der Waals surface area contributed by atoms with Gasteiger partial charge in [-0.25, -0.2) is 0 Å².